The van der Waals surface area contributed by atoms with Crippen LogP contribution in [0.2, 0.25) is 0 Å². The van der Waals surface area contributed by atoms with Gasteiger partial charge in [0.05, 0.1) is 5.56 Å². The lowest BCUT2D eigenvalue weighted by Crippen LogP contribution is -2.14. The zero-order chi connectivity index (χ0) is 18.5. The molecule has 0 atom stereocenters. The molecule has 0 fully saturated rings. The van der Waals surface area contributed by atoms with E-state index in [9.17, 15) is 9.59 Å². The molecule has 1 amide bonds. The molecular weight excluding hydrogens is 368 g/mol. The number of hydrogen-bond donors (Lipinski definition) is 1. The molecule has 1 N–H and O–H groups in total. The molecule has 3 rings (SSSR count). The number of benzene rings is 2. The van der Waals surface area contributed by atoms with Crippen LogP contribution in [-0.4, -0.2) is 23.1 Å². The fourth-order valence-electron chi connectivity index (χ4n) is 2.33. The van der Waals surface area contributed by atoms with E-state index in [-0.39, 0.29) is 11.7 Å². The van der Waals surface area contributed by atoms with Crippen LogP contribution in [0.25, 0.3) is 11.3 Å². The zero-order valence-corrected chi connectivity index (χ0v) is 15.8. The molecule has 5 nitrogen and oxygen atoms in total. The number of amides is 1. The number of nitrogens with zero attached hydrogens (tertiary/aromatic N) is 1. The van der Waals surface area contributed by atoms with Crippen molar-refractivity contribution in [2.24, 2.45) is 0 Å². The second-order valence-electron chi connectivity index (χ2n) is 5.27. The van der Waals surface area contributed by atoms with Gasteiger partial charge in [-0.05, 0) is 18.4 Å². The minimum atomic E-state index is -0.474. The van der Waals surface area contributed by atoms with Gasteiger partial charge < -0.3 is 10.1 Å². The average Bonchev–Trinajstić information content (AvgIpc) is 3.05. The highest BCUT2D eigenvalue weighted by molar-refractivity contribution is 8.00. The minimum absolute atomic E-state index is 0.230. The lowest BCUT2D eigenvalue weighted by atomic mass is 10.1. The van der Waals surface area contributed by atoms with Gasteiger partial charge >= 0.3 is 5.97 Å². The van der Waals surface area contributed by atoms with Crippen LogP contribution in [0.1, 0.15) is 17.3 Å². The summed E-state index contributed by atoms with van der Waals surface area (Å²) >= 11 is 2.93. The molecular formula is C19H16N2O3S2. The molecule has 132 valence electrons. The molecule has 1 heterocycles. The highest BCUT2D eigenvalue weighted by atomic mass is 32.2. The van der Waals surface area contributed by atoms with Crippen molar-refractivity contribution in [1.29, 1.82) is 0 Å². The van der Waals surface area contributed by atoms with Gasteiger partial charge in [0.25, 0.3) is 5.91 Å². The molecule has 0 spiro atoms. The van der Waals surface area contributed by atoms with E-state index in [1.807, 2.05) is 36.6 Å². The van der Waals surface area contributed by atoms with Crippen LogP contribution in [0, 0.1) is 0 Å². The monoisotopic (exact) mass is 384 g/mol. The maximum absolute atomic E-state index is 12.8. The van der Waals surface area contributed by atoms with Crippen molar-refractivity contribution >= 4 is 40.0 Å². The Labute approximate surface area is 159 Å². The molecule has 0 aliphatic rings. The van der Waals surface area contributed by atoms with E-state index in [0.717, 1.165) is 15.6 Å². The number of thiazole rings is 1. The number of esters is 1. The second-order valence-corrected chi connectivity index (χ2v) is 7.32. The van der Waals surface area contributed by atoms with Crippen molar-refractivity contribution in [3.05, 3.63) is 60.2 Å². The lowest BCUT2D eigenvalue weighted by molar-refractivity contribution is -0.131. The molecule has 2 aromatic carbocycles. The van der Waals surface area contributed by atoms with Crippen LogP contribution in [0.4, 0.5) is 5.00 Å². The summed E-state index contributed by atoms with van der Waals surface area (Å²) in [6.45, 7) is 1.30. The van der Waals surface area contributed by atoms with Crippen LogP contribution in [0.5, 0.6) is 5.75 Å². The van der Waals surface area contributed by atoms with E-state index in [0.29, 0.717) is 10.6 Å². The summed E-state index contributed by atoms with van der Waals surface area (Å²) in [7, 11) is 0. The van der Waals surface area contributed by atoms with E-state index in [1.165, 1.54) is 30.0 Å². The Hall–Kier alpha value is -2.64. The molecule has 0 radical (unpaired) electrons. The summed E-state index contributed by atoms with van der Waals surface area (Å²) in [6.07, 6.45) is 1.94. The average molecular weight is 384 g/mol. The Balaban J connectivity index is 1.93. The topological polar surface area (TPSA) is 68.3 Å². The highest BCUT2D eigenvalue weighted by Gasteiger charge is 2.19. The van der Waals surface area contributed by atoms with Gasteiger partial charge in [-0.15, -0.1) is 0 Å². The zero-order valence-electron chi connectivity index (χ0n) is 14.2. The Morgan fingerprint density at radius 3 is 2.46 bits per heavy atom. The van der Waals surface area contributed by atoms with Crippen molar-refractivity contribution in [1.82, 2.24) is 4.98 Å². The Bertz CT molecular complexity index is 939. The molecule has 0 saturated heterocycles. The van der Waals surface area contributed by atoms with Gasteiger partial charge in [0, 0.05) is 12.5 Å². The first kappa shape index (κ1) is 18.2. The molecule has 7 heteroatoms. The molecule has 1 aromatic heterocycles. The third kappa shape index (κ3) is 4.12. The third-order valence-electron chi connectivity index (χ3n) is 3.44. The number of hydrogen-bond acceptors (Lipinski definition) is 6. The van der Waals surface area contributed by atoms with E-state index in [1.54, 1.807) is 24.3 Å². The molecule has 0 unspecified atom stereocenters. The smallest absolute Gasteiger partial charge is 0.308 e. The van der Waals surface area contributed by atoms with E-state index < -0.39 is 5.97 Å². The SMILES string of the molecule is CSc1nc(-c2ccccc2)c(NC(=O)c2ccccc2OC(C)=O)s1. The first-order valence-electron chi connectivity index (χ1n) is 7.77. The van der Waals surface area contributed by atoms with Crippen LogP contribution < -0.4 is 10.1 Å². The molecule has 26 heavy (non-hydrogen) atoms. The van der Waals surface area contributed by atoms with Crippen molar-refractivity contribution in [3.63, 3.8) is 0 Å². The predicted octanol–water partition coefficient (Wildman–Crippen LogP) is 4.71. The van der Waals surface area contributed by atoms with Gasteiger partial charge in [0.15, 0.2) is 4.34 Å². The fourth-order valence-corrected chi connectivity index (χ4v) is 3.81. The largest absolute Gasteiger partial charge is 0.426 e. The van der Waals surface area contributed by atoms with Gasteiger partial charge in [-0.3, -0.25) is 9.59 Å². The summed E-state index contributed by atoms with van der Waals surface area (Å²) in [5.41, 5.74) is 1.94. The normalized spacial score (nSPS) is 10.4. The minimum Gasteiger partial charge on any atom is -0.426 e. The number of carbonyl (C=O) groups is 2. The lowest BCUT2D eigenvalue weighted by Gasteiger charge is -2.09. The van der Waals surface area contributed by atoms with Gasteiger partial charge in [-0.1, -0.05) is 65.6 Å². The molecule has 0 saturated carbocycles. The highest BCUT2D eigenvalue weighted by Crippen LogP contribution is 2.37. The van der Waals surface area contributed by atoms with E-state index >= 15 is 0 Å². The van der Waals surface area contributed by atoms with E-state index in [2.05, 4.69) is 10.3 Å². The van der Waals surface area contributed by atoms with Crippen LogP contribution >= 0.6 is 23.1 Å². The fraction of sp³-hybridized carbons (Fsp3) is 0.105. The van der Waals surface area contributed by atoms with Gasteiger partial charge in [0.1, 0.15) is 16.4 Å². The number of para-hydroxylation sites is 1. The van der Waals surface area contributed by atoms with Gasteiger partial charge in [-0.2, -0.15) is 0 Å². The number of carbonyl (C=O) groups excluding carboxylic acids is 2. The molecule has 0 bridgehead atoms. The first-order chi connectivity index (χ1) is 12.6. The summed E-state index contributed by atoms with van der Waals surface area (Å²) in [5, 5.41) is 3.56. The Morgan fingerprint density at radius 1 is 1.08 bits per heavy atom. The number of anilines is 1. The number of nitrogens with one attached hydrogen (secondary N) is 1. The Kier molecular flexibility index (Phi) is 5.70. The maximum atomic E-state index is 12.8. The third-order valence-corrected chi connectivity index (χ3v) is 5.40. The first-order valence-corrected chi connectivity index (χ1v) is 9.81. The van der Waals surface area contributed by atoms with Crippen molar-refractivity contribution in [2.75, 3.05) is 11.6 Å². The quantitative estimate of drug-likeness (QED) is 0.392. The molecule has 0 aliphatic heterocycles. The van der Waals surface area contributed by atoms with Crippen molar-refractivity contribution in [2.45, 2.75) is 11.3 Å². The maximum Gasteiger partial charge on any atom is 0.308 e. The number of thioether (sulfide) groups is 1. The van der Waals surface area contributed by atoms with E-state index in [4.69, 9.17) is 4.74 Å². The van der Waals surface area contributed by atoms with Gasteiger partial charge in [-0.25, -0.2) is 4.98 Å². The van der Waals surface area contributed by atoms with Crippen molar-refractivity contribution < 1.29 is 14.3 Å². The van der Waals surface area contributed by atoms with Gasteiger partial charge in [0.2, 0.25) is 0 Å². The summed E-state index contributed by atoms with van der Waals surface area (Å²) < 4.78 is 5.98. The predicted molar refractivity (Wildman–Crippen MR) is 105 cm³/mol. The van der Waals surface area contributed by atoms with Crippen LogP contribution in [0.15, 0.2) is 58.9 Å². The summed E-state index contributed by atoms with van der Waals surface area (Å²) in [5.74, 6) is -0.596. The Morgan fingerprint density at radius 2 is 1.77 bits per heavy atom. The van der Waals surface area contributed by atoms with Crippen LogP contribution in [0.3, 0.4) is 0 Å². The van der Waals surface area contributed by atoms with Crippen LogP contribution in [-0.2, 0) is 4.79 Å². The number of aromatic nitrogens is 1. The summed E-state index contributed by atoms with van der Waals surface area (Å²) in [6, 6.07) is 16.3. The summed E-state index contributed by atoms with van der Waals surface area (Å²) in [4.78, 5) is 28.6. The number of rotatable bonds is 5. The number of ether oxygens (including phenoxy) is 1. The molecule has 0 aliphatic carbocycles. The van der Waals surface area contributed by atoms with Crippen molar-refractivity contribution in [3.8, 4) is 17.0 Å². The second kappa shape index (κ2) is 8.16. The molecule has 3 aromatic rings. The standard InChI is InChI=1S/C19H16N2O3S2/c1-12(22)24-15-11-7-6-10-14(15)17(23)21-18-16(20-19(25-2)26-18)13-8-4-3-5-9-13/h3-11H,1-2H3,(H,21,23).